The maximum Gasteiger partial charge on any atom is 0.145 e. The van der Waals surface area contributed by atoms with Gasteiger partial charge in [-0.25, -0.2) is 4.98 Å². The molecule has 0 radical (unpaired) electrons. The van der Waals surface area contributed by atoms with Gasteiger partial charge in [0, 0.05) is 17.3 Å². The molecule has 0 spiro atoms. The molecule has 0 amide bonds. The van der Waals surface area contributed by atoms with E-state index in [1.807, 2.05) is 0 Å². The third-order valence-corrected chi connectivity index (χ3v) is 5.39. The monoisotopic (exact) mass is 306 g/mol. The van der Waals surface area contributed by atoms with Crippen molar-refractivity contribution in [3.63, 3.8) is 0 Å². The van der Waals surface area contributed by atoms with Crippen molar-refractivity contribution >= 4 is 16.4 Å². The first-order valence-corrected chi connectivity index (χ1v) is 9.24. The molecule has 0 bridgehead atoms. The van der Waals surface area contributed by atoms with E-state index in [-0.39, 0.29) is 0 Å². The van der Waals surface area contributed by atoms with Gasteiger partial charge in [-0.3, -0.25) is 0 Å². The summed E-state index contributed by atoms with van der Waals surface area (Å²) in [5.41, 5.74) is 3.95. The van der Waals surface area contributed by atoms with Crippen LogP contribution in [0.1, 0.15) is 56.8 Å². The normalized spacial score (nSPS) is 16.4. The molecule has 3 aromatic rings. The molecule has 0 atom stereocenters. The van der Waals surface area contributed by atoms with E-state index in [1.54, 1.807) is 0 Å². The van der Waals surface area contributed by atoms with Gasteiger partial charge in [-0.15, -0.1) is 0 Å². The first kappa shape index (κ1) is 14.7. The zero-order valence-electron chi connectivity index (χ0n) is 14.1. The Morgan fingerprint density at radius 1 is 1.09 bits per heavy atom. The number of hydrogen-bond donors (Lipinski definition) is 0. The number of rotatable bonds is 4. The lowest BCUT2D eigenvalue weighted by Gasteiger charge is -2.21. The zero-order valence-corrected chi connectivity index (χ0v) is 14.1. The summed E-state index contributed by atoms with van der Waals surface area (Å²) in [6, 6.07) is 10.9. The van der Waals surface area contributed by atoms with E-state index in [9.17, 15) is 0 Å². The van der Waals surface area contributed by atoms with Crippen LogP contribution in [0.15, 0.2) is 36.5 Å². The summed E-state index contributed by atoms with van der Waals surface area (Å²) in [7, 11) is 0. The first-order valence-electron chi connectivity index (χ1n) is 9.24. The van der Waals surface area contributed by atoms with Gasteiger partial charge in [-0.2, -0.15) is 0 Å². The smallest absolute Gasteiger partial charge is 0.145 e. The van der Waals surface area contributed by atoms with Gasteiger partial charge in [-0.05, 0) is 30.2 Å². The fourth-order valence-corrected chi connectivity index (χ4v) is 4.18. The second kappa shape index (κ2) is 6.35. The van der Waals surface area contributed by atoms with E-state index in [0.717, 1.165) is 18.0 Å². The van der Waals surface area contributed by atoms with Crippen LogP contribution in [0.3, 0.4) is 0 Å². The Bertz CT molecular complexity index is 809. The molecule has 1 fully saturated rings. The maximum atomic E-state index is 5.06. The van der Waals surface area contributed by atoms with E-state index in [2.05, 4.69) is 47.9 Å². The average Bonchev–Trinajstić information content (AvgIpc) is 2.94. The summed E-state index contributed by atoms with van der Waals surface area (Å²) in [4.78, 5) is 5.06. The zero-order chi connectivity index (χ0) is 15.6. The Balaban J connectivity index is 1.82. The molecule has 4 rings (SSSR count). The molecule has 0 unspecified atom stereocenters. The number of benzene rings is 1. The summed E-state index contributed by atoms with van der Waals surface area (Å²) < 4.78 is 2.38. The molecule has 1 aliphatic carbocycles. The number of aryl methyl sites for hydroxylation is 1. The number of pyridine rings is 1. The quantitative estimate of drug-likeness (QED) is 0.616. The molecule has 2 aromatic heterocycles. The largest absolute Gasteiger partial charge is 0.303 e. The summed E-state index contributed by atoms with van der Waals surface area (Å²) >= 11 is 0. The molecule has 1 saturated carbocycles. The SMILES string of the molecule is CCCc1nc2c3ccccc3ccn2c1CC1CCCCC1. The van der Waals surface area contributed by atoms with Crippen LogP contribution in [-0.2, 0) is 12.8 Å². The van der Waals surface area contributed by atoms with Crippen LogP contribution in [0, 0.1) is 5.92 Å². The van der Waals surface area contributed by atoms with Crippen LogP contribution in [0.5, 0.6) is 0 Å². The van der Waals surface area contributed by atoms with Crippen molar-refractivity contribution in [1.29, 1.82) is 0 Å². The number of fused-ring (bicyclic) bond motifs is 3. The fraction of sp³-hybridized carbons (Fsp3) is 0.476. The molecule has 0 aliphatic heterocycles. The third kappa shape index (κ3) is 2.75. The van der Waals surface area contributed by atoms with Crippen molar-refractivity contribution in [2.45, 2.75) is 58.3 Å². The second-order valence-corrected chi connectivity index (χ2v) is 7.06. The lowest BCUT2D eigenvalue weighted by molar-refractivity contribution is 0.353. The predicted octanol–water partition coefficient (Wildman–Crippen LogP) is 5.56. The number of aromatic nitrogens is 2. The predicted molar refractivity (Wildman–Crippen MR) is 97.0 cm³/mol. The highest BCUT2D eigenvalue weighted by Crippen LogP contribution is 2.30. The lowest BCUT2D eigenvalue weighted by Crippen LogP contribution is -2.12. The molecule has 23 heavy (non-hydrogen) atoms. The summed E-state index contributed by atoms with van der Waals surface area (Å²) in [5.74, 6) is 0.853. The van der Waals surface area contributed by atoms with Gasteiger partial charge in [0.1, 0.15) is 5.65 Å². The summed E-state index contributed by atoms with van der Waals surface area (Å²) in [5, 5.41) is 2.57. The second-order valence-electron chi connectivity index (χ2n) is 7.06. The van der Waals surface area contributed by atoms with Crippen LogP contribution >= 0.6 is 0 Å². The van der Waals surface area contributed by atoms with Crippen LogP contribution < -0.4 is 0 Å². The minimum absolute atomic E-state index is 0.853. The van der Waals surface area contributed by atoms with Crippen molar-refractivity contribution < 1.29 is 0 Å². The molecule has 0 N–H and O–H groups in total. The molecular weight excluding hydrogens is 280 g/mol. The molecular formula is C21H26N2. The van der Waals surface area contributed by atoms with E-state index in [1.165, 1.54) is 67.1 Å². The Morgan fingerprint density at radius 3 is 2.74 bits per heavy atom. The van der Waals surface area contributed by atoms with Gasteiger partial charge >= 0.3 is 0 Å². The van der Waals surface area contributed by atoms with Gasteiger partial charge < -0.3 is 4.40 Å². The topological polar surface area (TPSA) is 17.3 Å². The summed E-state index contributed by atoms with van der Waals surface area (Å²) in [6.07, 6.45) is 12.7. The lowest BCUT2D eigenvalue weighted by atomic mass is 9.85. The van der Waals surface area contributed by atoms with Gasteiger partial charge in [0.25, 0.3) is 0 Å². The molecule has 120 valence electrons. The average molecular weight is 306 g/mol. The molecule has 0 saturated heterocycles. The van der Waals surface area contributed by atoms with Crippen molar-refractivity contribution in [3.8, 4) is 0 Å². The van der Waals surface area contributed by atoms with Crippen molar-refractivity contribution in [3.05, 3.63) is 47.9 Å². The standard InChI is InChI=1S/C21H26N2/c1-2-8-19-20(15-16-9-4-3-5-10-16)23-14-13-17-11-6-7-12-18(17)21(23)22-19/h6-7,11-14,16H,2-5,8-10,15H2,1H3. The number of nitrogens with zero attached hydrogens (tertiary/aromatic N) is 2. The number of imidazole rings is 1. The maximum absolute atomic E-state index is 5.06. The van der Waals surface area contributed by atoms with E-state index in [0.29, 0.717) is 0 Å². The Labute approximate surface area is 138 Å². The number of hydrogen-bond acceptors (Lipinski definition) is 1. The Hall–Kier alpha value is -1.83. The molecule has 2 nitrogen and oxygen atoms in total. The highest BCUT2D eigenvalue weighted by molar-refractivity contribution is 5.94. The molecule has 1 aromatic carbocycles. The van der Waals surface area contributed by atoms with Crippen molar-refractivity contribution in [2.75, 3.05) is 0 Å². The minimum atomic E-state index is 0.853. The van der Waals surface area contributed by atoms with Gasteiger partial charge in [-0.1, -0.05) is 69.7 Å². The van der Waals surface area contributed by atoms with Crippen LogP contribution in [0.2, 0.25) is 0 Å². The van der Waals surface area contributed by atoms with E-state index in [4.69, 9.17) is 4.98 Å². The molecule has 1 aliphatic rings. The van der Waals surface area contributed by atoms with Crippen molar-refractivity contribution in [1.82, 2.24) is 9.38 Å². The van der Waals surface area contributed by atoms with Gasteiger partial charge in [0.2, 0.25) is 0 Å². The third-order valence-electron chi connectivity index (χ3n) is 5.39. The van der Waals surface area contributed by atoms with E-state index >= 15 is 0 Å². The first-order chi connectivity index (χ1) is 11.4. The van der Waals surface area contributed by atoms with Crippen LogP contribution in [-0.4, -0.2) is 9.38 Å². The van der Waals surface area contributed by atoms with Crippen LogP contribution in [0.4, 0.5) is 0 Å². The van der Waals surface area contributed by atoms with E-state index < -0.39 is 0 Å². The minimum Gasteiger partial charge on any atom is -0.303 e. The van der Waals surface area contributed by atoms with Crippen LogP contribution in [0.25, 0.3) is 16.4 Å². The Kier molecular flexibility index (Phi) is 4.07. The summed E-state index contributed by atoms with van der Waals surface area (Å²) in [6.45, 7) is 2.26. The Morgan fingerprint density at radius 2 is 1.91 bits per heavy atom. The molecule has 2 heterocycles. The highest BCUT2D eigenvalue weighted by atomic mass is 15.0. The van der Waals surface area contributed by atoms with Crippen molar-refractivity contribution in [2.24, 2.45) is 5.92 Å². The fourth-order valence-electron chi connectivity index (χ4n) is 4.18. The van der Waals surface area contributed by atoms with Gasteiger partial charge in [0.05, 0.1) is 5.69 Å². The highest BCUT2D eigenvalue weighted by Gasteiger charge is 2.20. The molecule has 2 heteroatoms. The van der Waals surface area contributed by atoms with Gasteiger partial charge in [0.15, 0.2) is 0 Å².